The molecule has 1 aliphatic heterocycles. The van der Waals surface area contributed by atoms with Crippen LogP contribution in [0.2, 0.25) is 0 Å². The number of carbonyl (C=O) groups excluding carboxylic acids is 1. The van der Waals surface area contributed by atoms with Crippen LogP contribution in [0.5, 0.6) is 0 Å². The van der Waals surface area contributed by atoms with Crippen molar-refractivity contribution < 1.29 is 13.7 Å². The van der Waals surface area contributed by atoms with Crippen molar-refractivity contribution in [2.45, 2.75) is 32.1 Å². The van der Waals surface area contributed by atoms with Crippen molar-refractivity contribution in [2.24, 2.45) is 11.8 Å². The fraction of sp³-hybridized carbons (Fsp3) is 0.562. The summed E-state index contributed by atoms with van der Waals surface area (Å²) in [6.07, 6.45) is 7.94. The lowest BCUT2D eigenvalue weighted by Crippen LogP contribution is -2.29. The van der Waals surface area contributed by atoms with E-state index in [2.05, 4.69) is 10.1 Å². The fourth-order valence-corrected chi connectivity index (χ4v) is 3.20. The van der Waals surface area contributed by atoms with Crippen LogP contribution < -0.4 is 0 Å². The van der Waals surface area contributed by atoms with Crippen LogP contribution in [0.25, 0.3) is 11.4 Å². The summed E-state index contributed by atoms with van der Waals surface area (Å²) in [5, 5.41) is 3.91. The van der Waals surface area contributed by atoms with E-state index in [9.17, 15) is 4.79 Å². The molecule has 3 heterocycles. The number of aryl methyl sites for hydroxylation is 1. The zero-order valence-corrected chi connectivity index (χ0v) is 12.4. The highest BCUT2D eigenvalue weighted by molar-refractivity contribution is 5.76. The maximum Gasteiger partial charge on any atom is 0.227 e. The Hall–Kier alpha value is -2.11. The molecular formula is C16H19N3O3. The van der Waals surface area contributed by atoms with Gasteiger partial charge in [-0.3, -0.25) is 4.79 Å². The molecule has 4 rings (SSSR count). The zero-order valence-electron chi connectivity index (χ0n) is 12.4. The van der Waals surface area contributed by atoms with Crippen molar-refractivity contribution >= 4 is 5.91 Å². The summed E-state index contributed by atoms with van der Waals surface area (Å²) in [5.41, 5.74) is 0.785. The quantitative estimate of drug-likeness (QED) is 0.848. The molecule has 1 aliphatic carbocycles. The van der Waals surface area contributed by atoms with E-state index in [1.54, 1.807) is 18.6 Å². The molecule has 1 unspecified atom stereocenters. The predicted octanol–water partition coefficient (Wildman–Crippen LogP) is 2.52. The largest absolute Gasteiger partial charge is 0.472 e. The monoisotopic (exact) mass is 301 g/mol. The first-order valence-corrected chi connectivity index (χ1v) is 7.92. The summed E-state index contributed by atoms with van der Waals surface area (Å²) < 4.78 is 10.2. The van der Waals surface area contributed by atoms with E-state index in [4.69, 9.17) is 8.94 Å². The number of hydrogen-bond acceptors (Lipinski definition) is 5. The van der Waals surface area contributed by atoms with Gasteiger partial charge in [-0.15, -0.1) is 0 Å². The van der Waals surface area contributed by atoms with Crippen LogP contribution in [0.1, 0.15) is 31.6 Å². The van der Waals surface area contributed by atoms with Gasteiger partial charge in [-0.2, -0.15) is 4.98 Å². The number of likely N-dealkylation sites (tertiary alicyclic amines) is 1. The van der Waals surface area contributed by atoms with Crippen molar-refractivity contribution in [3.8, 4) is 11.4 Å². The number of furan rings is 1. The van der Waals surface area contributed by atoms with Gasteiger partial charge in [-0.25, -0.2) is 0 Å². The molecule has 0 bridgehead atoms. The van der Waals surface area contributed by atoms with E-state index in [1.807, 2.05) is 4.90 Å². The second-order valence-corrected chi connectivity index (χ2v) is 6.25. The van der Waals surface area contributed by atoms with Gasteiger partial charge in [-0.05, 0) is 37.2 Å². The predicted molar refractivity (Wildman–Crippen MR) is 77.7 cm³/mol. The molecule has 0 aromatic carbocycles. The lowest BCUT2D eigenvalue weighted by molar-refractivity contribution is -0.130. The van der Waals surface area contributed by atoms with Crippen LogP contribution in [0.15, 0.2) is 27.5 Å². The normalized spacial score (nSPS) is 21.5. The van der Waals surface area contributed by atoms with Gasteiger partial charge in [0.1, 0.15) is 6.26 Å². The second kappa shape index (κ2) is 5.59. The van der Waals surface area contributed by atoms with Crippen molar-refractivity contribution in [1.29, 1.82) is 0 Å². The zero-order chi connectivity index (χ0) is 14.9. The van der Waals surface area contributed by atoms with Crippen LogP contribution in [0.3, 0.4) is 0 Å². The minimum Gasteiger partial charge on any atom is -0.472 e. The van der Waals surface area contributed by atoms with Gasteiger partial charge >= 0.3 is 0 Å². The molecule has 2 aliphatic rings. The lowest BCUT2D eigenvalue weighted by Gasteiger charge is -2.15. The van der Waals surface area contributed by atoms with Crippen molar-refractivity contribution in [3.63, 3.8) is 0 Å². The van der Waals surface area contributed by atoms with Crippen molar-refractivity contribution in [2.75, 3.05) is 13.1 Å². The summed E-state index contributed by atoms with van der Waals surface area (Å²) in [6, 6.07) is 1.78. The second-order valence-electron chi connectivity index (χ2n) is 6.25. The molecule has 22 heavy (non-hydrogen) atoms. The van der Waals surface area contributed by atoms with E-state index in [-0.39, 0.29) is 5.91 Å². The Morgan fingerprint density at radius 2 is 2.23 bits per heavy atom. The molecule has 6 heteroatoms. The van der Waals surface area contributed by atoms with Crippen LogP contribution in [0, 0.1) is 11.8 Å². The molecule has 1 amide bonds. The third-order valence-electron chi connectivity index (χ3n) is 4.67. The van der Waals surface area contributed by atoms with Gasteiger partial charge in [-0.1, -0.05) is 5.16 Å². The van der Waals surface area contributed by atoms with E-state index >= 15 is 0 Å². The average molecular weight is 301 g/mol. The van der Waals surface area contributed by atoms with E-state index in [0.717, 1.165) is 30.5 Å². The Morgan fingerprint density at radius 1 is 1.32 bits per heavy atom. The minimum atomic E-state index is 0.200. The molecule has 0 radical (unpaired) electrons. The summed E-state index contributed by atoms with van der Waals surface area (Å²) in [4.78, 5) is 18.6. The molecule has 1 saturated carbocycles. The van der Waals surface area contributed by atoms with Crippen LogP contribution >= 0.6 is 0 Å². The molecule has 2 aromatic rings. The van der Waals surface area contributed by atoms with Gasteiger partial charge in [0.25, 0.3) is 0 Å². The van der Waals surface area contributed by atoms with E-state index in [1.165, 1.54) is 19.3 Å². The third kappa shape index (κ3) is 2.77. The smallest absolute Gasteiger partial charge is 0.227 e. The summed E-state index contributed by atoms with van der Waals surface area (Å²) in [6.45, 7) is 1.84. The lowest BCUT2D eigenvalue weighted by atomic mass is 10.0. The molecule has 2 fully saturated rings. The Labute approximate surface area is 128 Å². The summed E-state index contributed by atoms with van der Waals surface area (Å²) >= 11 is 0. The Kier molecular flexibility index (Phi) is 3.44. The van der Waals surface area contributed by atoms with Gasteiger partial charge in [0.2, 0.25) is 17.6 Å². The summed E-state index contributed by atoms with van der Waals surface area (Å²) in [5.74, 6) is 2.83. The fourth-order valence-electron chi connectivity index (χ4n) is 3.20. The van der Waals surface area contributed by atoms with E-state index in [0.29, 0.717) is 24.6 Å². The Bertz CT molecular complexity index is 645. The number of nitrogens with zero attached hydrogens (tertiary/aromatic N) is 3. The SMILES string of the molecule is O=C(CCc1nc(-c2ccoc2)no1)N1CCC(C2CC2)C1. The van der Waals surface area contributed by atoms with Gasteiger partial charge in [0.15, 0.2) is 0 Å². The van der Waals surface area contributed by atoms with Gasteiger partial charge in [0.05, 0.1) is 11.8 Å². The maximum absolute atomic E-state index is 12.3. The Morgan fingerprint density at radius 3 is 3.00 bits per heavy atom. The standard InChI is InChI=1S/C16H19N3O3/c20-15(19-7-5-12(9-19)11-1-2-11)4-3-14-17-16(18-22-14)13-6-8-21-10-13/h6,8,10-12H,1-5,7,9H2. The highest BCUT2D eigenvalue weighted by Crippen LogP contribution is 2.41. The number of amides is 1. The highest BCUT2D eigenvalue weighted by atomic mass is 16.5. The number of rotatable bonds is 5. The topological polar surface area (TPSA) is 72.4 Å². The maximum atomic E-state index is 12.3. The van der Waals surface area contributed by atoms with Gasteiger partial charge < -0.3 is 13.8 Å². The molecular weight excluding hydrogens is 282 g/mol. The number of hydrogen-bond donors (Lipinski definition) is 0. The first-order chi connectivity index (χ1) is 10.8. The third-order valence-corrected chi connectivity index (χ3v) is 4.67. The molecule has 0 spiro atoms. The minimum absolute atomic E-state index is 0.200. The first kappa shape index (κ1) is 13.5. The number of carbonyl (C=O) groups is 1. The first-order valence-electron chi connectivity index (χ1n) is 7.92. The van der Waals surface area contributed by atoms with Crippen LogP contribution in [0.4, 0.5) is 0 Å². The molecule has 6 nitrogen and oxygen atoms in total. The van der Waals surface area contributed by atoms with Gasteiger partial charge in [0, 0.05) is 25.9 Å². The van der Waals surface area contributed by atoms with Crippen molar-refractivity contribution in [3.05, 3.63) is 24.5 Å². The molecule has 1 saturated heterocycles. The number of aromatic nitrogens is 2. The molecule has 116 valence electrons. The molecule has 0 N–H and O–H groups in total. The van der Waals surface area contributed by atoms with Crippen LogP contribution in [-0.2, 0) is 11.2 Å². The molecule has 1 atom stereocenters. The summed E-state index contributed by atoms with van der Waals surface area (Å²) in [7, 11) is 0. The Balaban J connectivity index is 1.30. The van der Waals surface area contributed by atoms with Crippen LogP contribution in [-0.4, -0.2) is 34.0 Å². The highest BCUT2D eigenvalue weighted by Gasteiger charge is 2.37. The molecule has 2 aromatic heterocycles. The average Bonchev–Trinajstić information content (AvgIpc) is 3.02. The van der Waals surface area contributed by atoms with E-state index < -0.39 is 0 Å². The van der Waals surface area contributed by atoms with Crippen molar-refractivity contribution in [1.82, 2.24) is 15.0 Å².